The smallest absolute Gasteiger partial charge is 0.246 e. The van der Waals surface area contributed by atoms with Crippen LogP contribution in [-0.2, 0) is 17.8 Å². The van der Waals surface area contributed by atoms with Gasteiger partial charge < -0.3 is 9.84 Å². The molecule has 23 heavy (non-hydrogen) atoms. The normalized spacial score (nSPS) is 10.5. The van der Waals surface area contributed by atoms with E-state index in [0.717, 1.165) is 11.1 Å². The summed E-state index contributed by atoms with van der Waals surface area (Å²) in [6, 6.07) is 11.5. The van der Waals surface area contributed by atoms with Crippen molar-refractivity contribution < 1.29 is 9.32 Å². The molecule has 3 rings (SSSR count). The minimum atomic E-state index is -0.0856. The van der Waals surface area contributed by atoms with Gasteiger partial charge in [-0.1, -0.05) is 35.0 Å². The van der Waals surface area contributed by atoms with E-state index in [2.05, 4.69) is 20.4 Å². The van der Waals surface area contributed by atoms with Crippen molar-refractivity contribution in [1.82, 2.24) is 20.4 Å². The van der Waals surface area contributed by atoms with Gasteiger partial charge in [0.15, 0.2) is 0 Å². The first kappa shape index (κ1) is 14.9. The summed E-state index contributed by atoms with van der Waals surface area (Å²) < 4.78 is 5.14. The molecule has 0 aliphatic rings. The van der Waals surface area contributed by atoms with E-state index >= 15 is 0 Å². The molecule has 1 N–H and O–H groups in total. The maximum Gasteiger partial charge on any atom is 0.246 e. The quantitative estimate of drug-likeness (QED) is 0.782. The molecule has 0 aliphatic heterocycles. The predicted molar refractivity (Wildman–Crippen MR) is 84.3 cm³/mol. The summed E-state index contributed by atoms with van der Waals surface area (Å²) >= 11 is 0. The number of pyridine rings is 1. The van der Waals surface area contributed by atoms with Crippen LogP contribution in [0.25, 0.3) is 11.4 Å². The summed E-state index contributed by atoms with van der Waals surface area (Å²) in [5.41, 5.74) is 2.96. The first-order valence-electron chi connectivity index (χ1n) is 7.26. The van der Waals surface area contributed by atoms with E-state index in [1.54, 1.807) is 24.5 Å². The number of carbonyl (C=O) groups excluding carboxylic acids is 1. The van der Waals surface area contributed by atoms with Gasteiger partial charge in [0, 0.05) is 18.0 Å². The molecule has 1 amide bonds. The molecule has 0 aliphatic carbocycles. The van der Waals surface area contributed by atoms with Gasteiger partial charge in [0.25, 0.3) is 0 Å². The van der Waals surface area contributed by atoms with Gasteiger partial charge in [-0.25, -0.2) is 0 Å². The van der Waals surface area contributed by atoms with Gasteiger partial charge in [-0.2, -0.15) is 4.98 Å². The summed E-state index contributed by atoms with van der Waals surface area (Å²) in [7, 11) is 0. The lowest BCUT2D eigenvalue weighted by Gasteiger charge is -2.03. The Morgan fingerprint density at radius 2 is 1.87 bits per heavy atom. The number of aryl methyl sites for hydroxylation is 1. The molecule has 2 aromatic heterocycles. The van der Waals surface area contributed by atoms with Crippen molar-refractivity contribution in [3.05, 3.63) is 65.8 Å². The van der Waals surface area contributed by atoms with E-state index in [9.17, 15) is 4.79 Å². The van der Waals surface area contributed by atoms with Crippen LogP contribution in [0, 0.1) is 6.92 Å². The van der Waals surface area contributed by atoms with Gasteiger partial charge in [-0.05, 0) is 24.6 Å². The standard InChI is InChI=1S/C17H16N4O2/c1-12-2-4-13(5-3-12)10-15(22)19-11-16-20-17(21-23-16)14-6-8-18-9-7-14/h2-9H,10-11H2,1H3,(H,19,22). The molecule has 116 valence electrons. The number of nitrogens with zero attached hydrogens (tertiary/aromatic N) is 3. The molecule has 6 heteroatoms. The van der Waals surface area contributed by atoms with Crippen LogP contribution in [0.2, 0.25) is 0 Å². The number of amides is 1. The van der Waals surface area contributed by atoms with Crippen LogP contribution in [0.3, 0.4) is 0 Å². The van der Waals surface area contributed by atoms with Crippen LogP contribution < -0.4 is 5.32 Å². The minimum Gasteiger partial charge on any atom is -0.347 e. The number of carbonyl (C=O) groups is 1. The Labute approximate surface area is 133 Å². The molecule has 0 spiro atoms. The summed E-state index contributed by atoms with van der Waals surface area (Å²) in [6.45, 7) is 2.22. The maximum atomic E-state index is 11.9. The van der Waals surface area contributed by atoms with Crippen molar-refractivity contribution in [2.24, 2.45) is 0 Å². The molecule has 0 saturated heterocycles. The maximum absolute atomic E-state index is 11.9. The van der Waals surface area contributed by atoms with Crippen LogP contribution >= 0.6 is 0 Å². The van der Waals surface area contributed by atoms with Gasteiger partial charge in [0.1, 0.15) is 0 Å². The Bertz CT molecular complexity index is 782. The molecule has 6 nitrogen and oxygen atoms in total. The number of benzene rings is 1. The van der Waals surface area contributed by atoms with Gasteiger partial charge in [-0.15, -0.1) is 0 Å². The van der Waals surface area contributed by atoms with E-state index in [1.807, 2.05) is 31.2 Å². The Balaban J connectivity index is 1.55. The average Bonchev–Trinajstić information content (AvgIpc) is 3.05. The fraction of sp³-hybridized carbons (Fsp3) is 0.176. The number of hydrogen-bond donors (Lipinski definition) is 1. The molecular weight excluding hydrogens is 292 g/mol. The van der Waals surface area contributed by atoms with Crippen LogP contribution in [0.5, 0.6) is 0 Å². The largest absolute Gasteiger partial charge is 0.347 e. The van der Waals surface area contributed by atoms with Crippen LogP contribution in [-0.4, -0.2) is 21.0 Å². The molecule has 0 bridgehead atoms. The first-order chi connectivity index (χ1) is 11.2. The van der Waals surface area contributed by atoms with E-state index in [1.165, 1.54) is 5.56 Å². The van der Waals surface area contributed by atoms with Crippen molar-refractivity contribution in [2.45, 2.75) is 19.9 Å². The lowest BCUT2D eigenvalue weighted by molar-refractivity contribution is -0.120. The Morgan fingerprint density at radius 3 is 2.61 bits per heavy atom. The molecule has 0 radical (unpaired) electrons. The second kappa shape index (κ2) is 6.83. The van der Waals surface area contributed by atoms with Gasteiger partial charge in [0.2, 0.25) is 17.6 Å². The molecule has 3 aromatic rings. The zero-order chi connectivity index (χ0) is 16.1. The molecular formula is C17H16N4O2. The molecule has 0 fully saturated rings. The summed E-state index contributed by atoms with van der Waals surface area (Å²) in [6.07, 6.45) is 3.65. The van der Waals surface area contributed by atoms with E-state index < -0.39 is 0 Å². The second-order valence-electron chi connectivity index (χ2n) is 5.19. The van der Waals surface area contributed by atoms with Crippen molar-refractivity contribution in [1.29, 1.82) is 0 Å². The molecule has 0 atom stereocenters. The van der Waals surface area contributed by atoms with Gasteiger partial charge in [0.05, 0.1) is 13.0 Å². The topological polar surface area (TPSA) is 80.9 Å². The first-order valence-corrected chi connectivity index (χ1v) is 7.26. The highest BCUT2D eigenvalue weighted by Crippen LogP contribution is 2.13. The molecule has 1 aromatic carbocycles. The zero-order valence-electron chi connectivity index (χ0n) is 12.7. The third-order valence-electron chi connectivity index (χ3n) is 3.33. The number of aromatic nitrogens is 3. The van der Waals surface area contributed by atoms with Gasteiger partial charge >= 0.3 is 0 Å². The SMILES string of the molecule is Cc1ccc(CC(=O)NCc2nc(-c3ccncc3)no2)cc1. The van der Waals surface area contributed by atoms with Crippen molar-refractivity contribution in [3.63, 3.8) is 0 Å². The third kappa shape index (κ3) is 4.00. The Hall–Kier alpha value is -3.02. The van der Waals surface area contributed by atoms with Crippen LogP contribution in [0.1, 0.15) is 17.0 Å². The summed E-state index contributed by atoms with van der Waals surface area (Å²) in [4.78, 5) is 20.1. The highest BCUT2D eigenvalue weighted by molar-refractivity contribution is 5.78. The highest BCUT2D eigenvalue weighted by Gasteiger charge is 2.10. The lowest BCUT2D eigenvalue weighted by atomic mass is 10.1. The Morgan fingerprint density at radius 1 is 1.13 bits per heavy atom. The van der Waals surface area contributed by atoms with E-state index in [4.69, 9.17) is 4.52 Å². The monoisotopic (exact) mass is 308 g/mol. The lowest BCUT2D eigenvalue weighted by Crippen LogP contribution is -2.24. The fourth-order valence-corrected chi connectivity index (χ4v) is 2.07. The molecule has 0 saturated carbocycles. The van der Waals surface area contributed by atoms with E-state index in [-0.39, 0.29) is 12.5 Å². The Kier molecular flexibility index (Phi) is 4.42. The van der Waals surface area contributed by atoms with Crippen molar-refractivity contribution in [3.8, 4) is 11.4 Å². The van der Waals surface area contributed by atoms with Crippen molar-refractivity contribution in [2.75, 3.05) is 0 Å². The second-order valence-corrected chi connectivity index (χ2v) is 5.19. The summed E-state index contributed by atoms with van der Waals surface area (Å²) in [5.74, 6) is 0.766. The van der Waals surface area contributed by atoms with Crippen LogP contribution in [0.15, 0.2) is 53.3 Å². The predicted octanol–water partition coefficient (Wildman–Crippen LogP) is 2.30. The van der Waals surface area contributed by atoms with E-state index in [0.29, 0.717) is 18.1 Å². The highest BCUT2D eigenvalue weighted by atomic mass is 16.5. The number of nitrogens with one attached hydrogen (secondary N) is 1. The minimum absolute atomic E-state index is 0.0856. The van der Waals surface area contributed by atoms with Gasteiger partial charge in [-0.3, -0.25) is 9.78 Å². The van der Waals surface area contributed by atoms with Crippen LogP contribution in [0.4, 0.5) is 0 Å². The fourth-order valence-electron chi connectivity index (χ4n) is 2.07. The zero-order valence-corrected chi connectivity index (χ0v) is 12.7. The number of rotatable bonds is 5. The average molecular weight is 308 g/mol. The molecule has 0 unspecified atom stereocenters. The van der Waals surface area contributed by atoms with Crippen molar-refractivity contribution >= 4 is 5.91 Å². The number of hydrogen-bond acceptors (Lipinski definition) is 5. The molecule has 2 heterocycles. The third-order valence-corrected chi connectivity index (χ3v) is 3.33. The summed E-state index contributed by atoms with van der Waals surface area (Å²) in [5, 5.41) is 6.67.